The van der Waals surface area contributed by atoms with Crippen LogP contribution in [0.5, 0.6) is 0 Å². The maximum absolute atomic E-state index is 12.1. The van der Waals surface area contributed by atoms with E-state index in [1.807, 2.05) is 0 Å². The van der Waals surface area contributed by atoms with E-state index in [2.05, 4.69) is 27.1 Å². The number of aromatic nitrogens is 2. The van der Waals surface area contributed by atoms with Gasteiger partial charge in [-0.2, -0.15) is 0 Å². The van der Waals surface area contributed by atoms with E-state index in [0.717, 1.165) is 19.6 Å². The summed E-state index contributed by atoms with van der Waals surface area (Å²) in [6, 6.07) is 5.66. The summed E-state index contributed by atoms with van der Waals surface area (Å²) in [5.41, 5.74) is 0.562. The van der Waals surface area contributed by atoms with Gasteiger partial charge in [0.15, 0.2) is 0 Å². The predicted octanol–water partition coefficient (Wildman–Crippen LogP) is 1.37. The maximum Gasteiger partial charge on any atom is 0.258 e. The van der Waals surface area contributed by atoms with Gasteiger partial charge in [0.05, 0.1) is 17.4 Å². The first-order chi connectivity index (χ1) is 9.61. The topological polar surface area (TPSA) is 61.0 Å². The Morgan fingerprint density at radius 3 is 3.15 bits per heavy atom. The fourth-order valence-corrected chi connectivity index (χ4v) is 2.77. The van der Waals surface area contributed by atoms with E-state index in [-0.39, 0.29) is 5.56 Å². The standard InChI is InChI=1S/C14H17ClN4O/c1-9-7-19(5-4-16-9)8-13-17-12-3-2-10(15)6-11(12)14(20)18-13/h2-3,6,9,16H,4-5,7-8H2,1H3,(H,17,18,20)/t9-/m0/s1. The molecule has 2 aromatic rings. The van der Waals surface area contributed by atoms with E-state index in [9.17, 15) is 4.79 Å². The number of halogens is 1. The molecule has 0 radical (unpaired) electrons. The Morgan fingerprint density at radius 1 is 1.50 bits per heavy atom. The Hall–Kier alpha value is -1.43. The van der Waals surface area contributed by atoms with Crippen LogP contribution in [-0.4, -0.2) is 40.5 Å². The second-order valence-electron chi connectivity index (χ2n) is 5.26. The number of nitrogens with one attached hydrogen (secondary N) is 2. The molecule has 1 aliphatic rings. The molecule has 0 unspecified atom stereocenters. The second-order valence-corrected chi connectivity index (χ2v) is 5.70. The Balaban J connectivity index is 1.89. The molecule has 3 rings (SSSR count). The van der Waals surface area contributed by atoms with Gasteiger partial charge in [0.1, 0.15) is 5.82 Å². The summed E-state index contributed by atoms with van der Waals surface area (Å²) in [6.45, 7) is 5.72. The van der Waals surface area contributed by atoms with Crippen LogP contribution in [0.2, 0.25) is 5.02 Å². The first-order valence-electron chi connectivity index (χ1n) is 6.76. The molecule has 1 aromatic carbocycles. The summed E-state index contributed by atoms with van der Waals surface area (Å²) in [5.74, 6) is 0.707. The molecule has 6 heteroatoms. The van der Waals surface area contributed by atoms with Gasteiger partial charge < -0.3 is 10.3 Å². The molecule has 1 saturated heterocycles. The highest BCUT2D eigenvalue weighted by Gasteiger charge is 2.16. The molecule has 0 bridgehead atoms. The molecule has 20 heavy (non-hydrogen) atoms. The van der Waals surface area contributed by atoms with Crippen LogP contribution in [0.1, 0.15) is 12.7 Å². The smallest absolute Gasteiger partial charge is 0.258 e. The molecule has 2 heterocycles. The van der Waals surface area contributed by atoms with Crippen LogP contribution >= 0.6 is 11.6 Å². The molecule has 5 nitrogen and oxygen atoms in total. The largest absolute Gasteiger partial charge is 0.312 e. The molecule has 1 aliphatic heterocycles. The Kier molecular flexibility index (Phi) is 3.74. The molecule has 1 atom stereocenters. The molecule has 1 fully saturated rings. The van der Waals surface area contributed by atoms with E-state index >= 15 is 0 Å². The number of hydrogen-bond acceptors (Lipinski definition) is 4. The van der Waals surface area contributed by atoms with Crippen LogP contribution in [0.15, 0.2) is 23.0 Å². The van der Waals surface area contributed by atoms with E-state index in [0.29, 0.717) is 34.3 Å². The Morgan fingerprint density at radius 2 is 2.35 bits per heavy atom. The van der Waals surface area contributed by atoms with Crippen molar-refractivity contribution in [1.29, 1.82) is 0 Å². The highest BCUT2D eigenvalue weighted by atomic mass is 35.5. The van der Waals surface area contributed by atoms with Gasteiger partial charge in [0.25, 0.3) is 5.56 Å². The fourth-order valence-electron chi connectivity index (χ4n) is 2.60. The van der Waals surface area contributed by atoms with Gasteiger partial charge in [0.2, 0.25) is 0 Å². The lowest BCUT2D eigenvalue weighted by atomic mass is 10.2. The Labute approximate surface area is 122 Å². The monoisotopic (exact) mass is 292 g/mol. The molecular formula is C14H17ClN4O. The first kappa shape index (κ1) is 13.5. The van der Waals surface area contributed by atoms with Crippen molar-refractivity contribution < 1.29 is 0 Å². The van der Waals surface area contributed by atoms with Crippen molar-refractivity contribution in [3.05, 3.63) is 39.4 Å². The average molecular weight is 293 g/mol. The van der Waals surface area contributed by atoms with Crippen LogP contribution in [0.3, 0.4) is 0 Å². The number of H-pyrrole nitrogens is 1. The number of piperazine rings is 1. The number of nitrogens with zero attached hydrogens (tertiary/aromatic N) is 2. The van der Waals surface area contributed by atoms with Crippen LogP contribution < -0.4 is 10.9 Å². The molecule has 0 aliphatic carbocycles. The van der Waals surface area contributed by atoms with Gasteiger partial charge in [-0.3, -0.25) is 9.69 Å². The first-order valence-corrected chi connectivity index (χ1v) is 7.14. The highest BCUT2D eigenvalue weighted by molar-refractivity contribution is 6.31. The summed E-state index contributed by atoms with van der Waals surface area (Å²) >= 11 is 5.91. The molecule has 0 saturated carbocycles. The molecule has 106 valence electrons. The molecule has 2 N–H and O–H groups in total. The zero-order valence-corrected chi connectivity index (χ0v) is 12.1. The minimum absolute atomic E-state index is 0.129. The normalized spacial score (nSPS) is 20.4. The summed E-state index contributed by atoms with van der Waals surface area (Å²) in [6.07, 6.45) is 0. The van der Waals surface area contributed by atoms with Gasteiger partial charge in [0, 0.05) is 30.7 Å². The van der Waals surface area contributed by atoms with Crippen molar-refractivity contribution in [2.24, 2.45) is 0 Å². The van der Waals surface area contributed by atoms with E-state index in [1.165, 1.54) is 0 Å². The molecule has 1 aromatic heterocycles. The number of fused-ring (bicyclic) bond motifs is 1. The minimum atomic E-state index is -0.129. The number of aromatic amines is 1. The van der Waals surface area contributed by atoms with Crippen molar-refractivity contribution >= 4 is 22.5 Å². The van der Waals surface area contributed by atoms with Crippen molar-refractivity contribution in [1.82, 2.24) is 20.2 Å². The van der Waals surface area contributed by atoms with Crippen molar-refractivity contribution in [2.45, 2.75) is 19.5 Å². The number of hydrogen-bond donors (Lipinski definition) is 2. The minimum Gasteiger partial charge on any atom is -0.312 e. The van der Waals surface area contributed by atoms with Crippen molar-refractivity contribution in [2.75, 3.05) is 19.6 Å². The Bertz CT molecular complexity index is 684. The SMILES string of the molecule is C[C@H]1CN(Cc2nc3ccc(Cl)cc3c(=O)[nH]2)CCN1. The summed E-state index contributed by atoms with van der Waals surface area (Å²) in [7, 11) is 0. The predicted molar refractivity (Wildman–Crippen MR) is 80.1 cm³/mol. The summed E-state index contributed by atoms with van der Waals surface area (Å²) < 4.78 is 0. The maximum atomic E-state index is 12.1. The average Bonchev–Trinajstić information content (AvgIpc) is 2.40. The zero-order valence-electron chi connectivity index (χ0n) is 11.3. The third-order valence-corrected chi connectivity index (χ3v) is 3.78. The van der Waals surface area contributed by atoms with Crippen LogP contribution in [0.4, 0.5) is 0 Å². The zero-order chi connectivity index (χ0) is 14.1. The van der Waals surface area contributed by atoms with Crippen molar-refractivity contribution in [3.63, 3.8) is 0 Å². The lowest BCUT2D eigenvalue weighted by Gasteiger charge is -2.31. The third-order valence-electron chi connectivity index (χ3n) is 3.54. The van der Waals surface area contributed by atoms with Gasteiger partial charge in [-0.1, -0.05) is 11.6 Å². The quantitative estimate of drug-likeness (QED) is 0.878. The van der Waals surface area contributed by atoms with Crippen LogP contribution in [-0.2, 0) is 6.54 Å². The van der Waals surface area contributed by atoms with Gasteiger partial charge in [-0.15, -0.1) is 0 Å². The second kappa shape index (κ2) is 5.52. The van der Waals surface area contributed by atoms with Crippen LogP contribution in [0.25, 0.3) is 10.9 Å². The fraction of sp³-hybridized carbons (Fsp3) is 0.429. The van der Waals surface area contributed by atoms with Crippen molar-refractivity contribution in [3.8, 4) is 0 Å². The van der Waals surface area contributed by atoms with E-state index in [1.54, 1.807) is 18.2 Å². The third kappa shape index (κ3) is 2.85. The van der Waals surface area contributed by atoms with Gasteiger partial charge in [-0.05, 0) is 25.1 Å². The molecule has 0 spiro atoms. The lowest BCUT2D eigenvalue weighted by Crippen LogP contribution is -2.48. The van der Waals surface area contributed by atoms with Gasteiger partial charge >= 0.3 is 0 Å². The molecular weight excluding hydrogens is 276 g/mol. The molecule has 0 amide bonds. The lowest BCUT2D eigenvalue weighted by molar-refractivity contribution is 0.195. The summed E-state index contributed by atoms with van der Waals surface area (Å²) in [4.78, 5) is 21.7. The summed E-state index contributed by atoms with van der Waals surface area (Å²) in [5, 5.41) is 4.48. The van der Waals surface area contributed by atoms with E-state index in [4.69, 9.17) is 11.6 Å². The number of rotatable bonds is 2. The van der Waals surface area contributed by atoms with Gasteiger partial charge in [-0.25, -0.2) is 4.98 Å². The van der Waals surface area contributed by atoms with Crippen LogP contribution in [0, 0.1) is 0 Å². The van der Waals surface area contributed by atoms with E-state index < -0.39 is 0 Å². The number of benzene rings is 1. The highest BCUT2D eigenvalue weighted by Crippen LogP contribution is 2.15.